The Bertz CT molecular complexity index is 1130. The summed E-state index contributed by atoms with van der Waals surface area (Å²) in [6.07, 6.45) is 4.71. The summed E-state index contributed by atoms with van der Waals surface area (Å²) in [5, 5.41) is 3.05. The topological polar surface area (TPSA) is 103 Å². The van der Waals surface area contributed by atoms with Crippen LogP contribution in [0.2, 0.25) is 0 Å². The summed E-state index contributed by atoms with van der Waals surface area (Å²) in [5.74, 6) is -1.18. The van der Waals surface area contributed by atoms with Gasteiger partial charge in [-0.2, -0.15) is 0 Å². The lowest BCUT2D eigenvalue weighted by molar-refractivity contribution is -0.148. The van der Waals surface area contributed by atoms with Crippen LogP contribution in [-0.2, 0) is 34.0 Å². The molecule has 1 saturated heterocycles. The first-order chi connectivity index (χ1) is 14.9. The predicted octanol–water partition coefficient (Wildman–Crippen LogP) is 0.971. The molecule has 2 aromatic heterocycles. The largest absolute Gasteiger partial charge is 0.376 e. The van der Waals surface area contributed by atoms with Gasteiger partial charge in [0, 0.05) is 24.5 Å². The molecule has 2 amide bonds. The molecule has 0 radical (unpaired) electrons. The van der Waals surface area contributed by atoms with Gasteiger partial charge in [-0.15, -0.1) is 11.3 Å². The molecule has 0 unspecified atom stereocenters. The molecule has 2 fully saturated rings. The first-order valence-corrected chi connectivity index (χ1v) is 11.7. The van der Waals surface area contributed by atoms with E-state index in [-0.39, 0.29) is 30.4 Å². The van der Waals surface area contributed by atoms with Gasteiger partial charge in [0.25, 0.3) is 5.56 Å². The second kappa shape index (κ2) is 8.96. The van der Waals surface area contributed by atoms with Gasteiger partial charge in [0.05, 0.1) is 31.2 Å². The summed E-state index contributed by atoms with van der Waals surface area (Å²) in [6, 6.07) is 0. The van der Waals surface area contributed by atoms with Crippen molar-refractivity contribution >= 4 is 33.4 Å². The molecule has 9 nitrogen and oxygen atoms in total. The quantitative estimate of drug-likeness (QED) is 0.636. The highest BCUT2D eigenvalue weighted by atomic mass is 32.1. The van der Waals surface area contributed by atoms with Crippen molar-refractivity contribution in [2.75, 3.05) is 19.7 Å². The fourth-order valence-corrected chi connectivity index (χ4v) is 5.71. The van der Waals surface area contributed by atoms with Crippen molar-refractivity contribution in [3.63, 3.8) is 0 Å². The molecule has 1 aliphatic heterocycles. The lowest BCUT2D eigenvalue weighted by Crippen LogP contribution is -2.51. The highest BCUT2D eigenvalue weighted by Crippen LogP contribution is 2.29. The molecule has 1 N–H and O–H groups in total. The fourth-order valence-electron chi connectivity index (χ4n) is 4.38. The number of hydrogen-bond acceptors (Lipinski definition) is 6. The number of nitrogens with zero attached hydrogens (tertiary/aromatic N) is 3. The standard InChI is InChI=1S/C21H28N4O5S/c1-3-24-18(27)16-13(2)15(12-23-9-8-22-17(26)19(23)28)31-20(16)25(21(24)29)10-11-30-14-6-4-5-7-14/h14H,3-12H2,1-2H3,(H,22,26). The average Bonchev–Trinajstić information content (AvgIpc) is 3.37. The lowest BCUT2D eigenvalue weighted by atomic mass is 10.2. The van der Waals surface area contributed by atoms with Crippen molar-refractivity contribution in [3.05, 3.63) is 31.3 Å². The average molecular weight is 449 g/mol. The molecule has 0 aromatic carbocycles. The van der Waals surface area contributed by atoms with E-state index in [4.69, 9.17) is 4.74 Å². The van der Waals surface area contributed by atoms with E-state index in [0.717, 1.165) is 23.3 Å². The molecule has 10 heteroatoms. The third-order valence-electron chi connectivity index (χ3n) is 6.16. The molecule has 168 valence electrons. The Morgan fingerprint density at radius 2 is 1.87 bits per heavy atom. The fraction of sp³-hybridized carbons (Fsp3) is 0.619. The van der Waals surface area contributed by atoms with E-state index in [2.05, 4.69) is 5.32 Å². The second-order valence-electron chi connectivity index (χ2n) is 8.07. The van der Waals surface area contributed by atoms with Crippen LogP contribution < -0.4 is 16.6 Å². The van der Waals surface area contributed by atoms with Gasteiger partial charge < -0.3 is 15.0 Å². The molecule has 2 aliphatic rings. The zero-order chi connectivity index (χ0) is 22.1. The zero-order valence-corrected chi connectivity index (χ0v) is 18.8. The van der Waals surface area contributed by atoms with Gasteiger partial charge in [-0.3, -0.25) is 23.5 Å². The van der Waals surface area contributed by atoms with Crippen molar-refractivity contribution in [1.82, 2.24) is 19.4 Å². The van der Waals surface area contributed by atoms with E-state index in [9.17, 15) is 19.2 Å². The Kier molecular flexibility index (Phi) is 6.29. The van der Waals surface area contributed by atoms with Crippen molar-refractivity contribution in [2.45, 2.75) is 65.3 Å². The van der Waals surface area contributed by atoms with Crippen LogP contribution in [0.1, 0.15) is 43.0 Å². The summed E-state index contributed by atoms with van der Waals surface area (Å²) in [7, 11) is 0. The summed E-state index contributed by atoms with van der Waals surface area (Å²) < 4.78 is 8.84. The van der Waals surface area contributed by atoms with E-state index in [0.29, 0.717) is 36.5 Å². The Morgan fingerprint density at radius 1 is 1.13 bits per heavy atom. The van der Waals surface area contributed by atoms with Gasteiger partial charge in [0.15, 0.2) is 0 Å². The third-order valence-corrected chi connectivity index (χ3v) is 7.46. The highest BCUT2D eigenvalue weighted by Gasteiger charge is 2.28. The van der Waals surface area contributed by atoms with Gasteiger partial charge in [0.2, 0.25) is 0 Å². The maximum Gasteiger partial charge on any atom is 0.332 e. The van der Waals surface area contributed by atoms with E-state index >= 15 is 0 Å². The minimum Gasteiger partial charge on any atom is -0.376 e. The number of amides is 2. The van der Waals surface area contributed by atoms with E-state index in [1.54, 1.807) is 11.5 Å². The van der Waals surface area contributed by atoms with Crippen molar-refractivity contribution in [3.8, 4) is 0 Å². The smallest absolute Gasteiger partial charge is 0.332 e. The molecule has 0 atom stereocenters. The third kappa shape index (κ3) is 4.06. The number of piperazine rings is 1. The number of thiophene rings is 1. The van der Waals surface area contributed by atoms with Gasteiger partial charge in [-0.25, -0.2) is 4.79 Å². The Labute approximate surface area is 183 Å². The molecule has 1 saturated carbocycles. The molecular formula is C21H28N4O5S. The minimum absolute atomic E-state index is 0.246. The first-order valence-electron chi connectivity index (χ1n) is 10.9. The van der Waals surface area contributed by atoms with Crippen LogP contribution in [0.4, 0.5) is 0 Å². The molecule has 4 rings (SSSR count). The van der Waals surface area contributed by atoms with Gasteiger partial charge in [-0.05, 0) is 32.3 Å². The van der Waals surface area contributed by atoms with E-state index < -0.39 is 11.8 Å². The van der Waals surface area contributed by atoms with Crippen LogP contribution in [-0.4, -0.2) is 51.6 Å². The van der Waals surface area contributed by atoms with E-state index in [1.807, 2.05) is 6.92 Å². The van der Waals surface area contributed by atoms with Crippen LogP contribution in [0.15, 0.2) is 9.59 Å². The molecule has 3 heterocycles. The zero-order valence-electron chi connectivity index (χ0n) is 17.9. The van der Waals surface area contributed by atoms with Crippen molar-refractivity contribution in [1.29, 1.82) is 0 Å². The van der Waals surface area contributed by atoms with Crippen LogP contribution in [0.3, 0.4) is 0 Å². The number of ether oxygens (including phenoxy) is 1. The summed E-state index contributed by atoms with van der Waals surface area (Å²) in [6.45, 7) is 5.76. The number of aromatic nitrogens is 2. The number of rotatable bonds is 7. The SMILES string of the molecule is CCn1c(=O)c2c(C)c(CN3CCNC(=O)C3=O)sc2n(CCOC2CCCC2)c1=O. The van der Waals surface area contributed by atoms with Gasteiger partial charge in [-0.1, -0.05) is 12.8 Å². The number of carbonyl (C=O) groups excluding carboxylic acids is 2. The normalized spacial score (nSPS) is 17.7. The minimum atomic E-state index is -0.612. The van der Waals surface area contributed by atoms with Crippen LogP contribution >= 0.6 is 11.3 Å². The van der Waals surface area contributed by atoms with Crippen LogP contribution in [0.25, 0.3) is 10.2 Å². The highest BCUT2D eigenvalue weighted by molar-refractivity contribution is 7.18. The lowest BCUT2D eigenvalue weighted by Gasteiger charge is -2.26. The first kappa shape index (κ1) is 21.8. The Morgan fingerprint density at radius 3 is 2.58 bits per heavy atom. The predicted molar refractivity (Wildman–Crippen MR) is 117 cm³/mol. The number of nitrogens with one attached hydrogen (secondary N) is 1. The Hall–Kier alpha value is -2.46. The molecular weight excluding hydrogens is 420 g/mol. The van der Waals surface area contributed by atoms with E-state index in [1.165, 1.54) is 33.6 Å². The van der Waals surface area contributed by atoms with Crippen LogP contribution in [0, 0.1) is 6.92 Å². The Balaban J connectivity index is 1.69. The molecule has 0 spiro atoms. The maximum atomic E-state index is 13.0. The monoisotopic (exact) mass is 448 g/mol. The molecule has 2 aromatic rings. The van der Waals surface area contributed by atoms with Gasteiger partial charge >= 0.3 is 17.5 Å². The number of aryl methyl sites for hydroxylation is 1. The van der Waals surface area contributed by atoms with Crippen molar-refractivity contribution < 1.29 is 14.3 Å². The molecule has 31 heavy (non-hydrogen) atoms. The van der Waals surface area contributed by atoms with Gasteiger partial charge in [0.1, 0.15) is 4.83 Å². The molecule has 1 aliphatic carbocycles. The second-order valence-corrected chi connectivity index (χ2v) is 9.16. The number of hydrogen-bond donors (Lipinski definition) is 1. The summed E-state index contributed by atoms with van der Waals surface area (Å²) >= 11 is 1.35. The number of fused-ring (bicyclic) bond motifs is 1. The molecule has 0 bridgehead atoms. The number of carbonyl (C=O) groups is 2. The van der Waals surface area contributed by atoms with Crippen LogP contribution in [0.5, 0.6) is 0 Å². The summed E-state index contributed by atoms with van der Waals surface area (Å²) in [5.41, 5.74) is 0.117. The van der Waals surface area contributed by atoms with Crippen molar-refractivity contribution in [2.24, 2.45) is 0 Å². The summed E-state index contributed by atoms with van der Waals surface area (Å²) in [4.78, 5) is 52.9. The maximum absolute atomic E-state index is 13.0.